The van der Waals surface area contributed by atoms with Crippen LogP contribution >= 0.6 is 0 Å². The van der Waals surface area contributed by atoms with E-state index in [9.17, 15) is 9.59 Å². The molecule has 0 spiro atoms. The number of rotatable bonds is 8. The van der Waals surface area contributed by atoms with E-state index in [1.54, 1.807) is 15.6 Å². The van der Waals surface area contributed by atoms with Crippen LogP contribution in [0, 0.1) is 5.92 Å². The zero-order valence-corrected chi connectivity index (χ0v) is 21.5. The van der Waals surface area contributed by atoms with Crippen molar-refractivity contribution < 1.29 is 14.3 Å². The molecule has 0 unspecified atom stereocenters. The number of nitrogens with one attached hydrogen (secondary N) is 1. The van der Waals surface area contributed by atoms with Gasteiger partial charge in [0.15, 0.2) is 0 Å². The molecule has 2 aromatic heterocycles. The summed E-state index contributed by atoms with van der Waals surface area (Å²) in [4.78, 5) is 33.1. The van der Waals surface area contributed by atoms with Crippen molar-refractivity contribution in [1.82, 2.24) is 24.2 Å². The Bertz CT molecular complexity index is 1250. The number of hydrogen-bond donors (Lipinski definition) is 1. The number of ether oxygens (including phenoxy) is 1. The number of imidazole rings is 1. The number of hydrogen-bond acceptors (Lipinski definition) is 5. The molecule has 3 aromatic rings. The second kappa shape index (κ2) is 10.4. The van der Waals surface area contributed by atoms with Gasteiger partial charge in [0.25, 0.3) is 5.91 Å². The number of aryl methyl sites for hydroxylation is 2. The first-order valence-electron chi connectivity index (χ1n) is 13.0. The maximum Gasteiger partial charge on any atom is 0.255 e. The molecule has 5 rings (SSSR count). The number of anilines is 1. The van der Waals surface area contributed by atoms with Crippen LogP contribution < -0.4 is 5.32 Å². The van der Waals surface area contributed by atoms with Crippen molar-refractivity contribution in [2.75, 3.05) is 25.5 Å². The molecule has 3 heterocycles. The van der Waals surface area contributed by atoms with Gasteiger partial charge in [-0.25, -0.2) is 4.98 Å². The lowest BCUT2D eigenvalue weighted by atomic mass is 10.0. The van der Waals surface area contributed by atoms with Crippen LogP contribution in [-0.2, 0) is 30.0 Å². The minimum absolute atomic E-state index is 0.000128. The van der Waals surface area contributed by atoms with Crippen LogP contribution in [0.4, 0.5) is 5.69 Å². The van der Waals surface area contributed by atoms with Crippen molar-refractivity contribution in [3.63, 3.8) is 0 Å². The van der Waals surface area contributed by atoms with Crippen molar-refractivity contribution in [2.45, 2.75) is 57.5 Å². The molecule has 2 amide bonds. The van der Waals surface area contributed by atoms with Crippen LogP contribution in [-0.4, -0.2) is 56.2 Å². The van der Waals surface area contributed by atoms with E-state index in [1.807, 2.05) is 44.2 Å². The van der Waals surface area contributed by atoms with Crippen LogP contribution in [0.5, 0.6) is 0 Å². The van der Waals surface area contributed by atoms with Crippen molar-refractivity contribution >= 4 is 28.5 Å². The Morgan fingerprint density at radius 3 is 2.67 bits per heavy atom. The molecule has 9 nitrogen and oxygen atoms in total. The van der Waals surface area contributed by atoms with Gasteiger partial charge in [0.2, 0.25) is 5.91 Å². The Labute approximate surface area is 211 Å². The third-order valence-electron chi connectivity index (χ3n) is 7.53. The molecule has 36 heavy (non-hydrogen) atoms. The molecule has 1 aromatic carbocycles. The zero-order chi connectivity index (χ0) is 25.2. The lowest BCUT2D eigenvalue weighted by Gasteiger charge is -2.19. The average molecular weight is 493 g/mol. The van der Waals surface area contributed by atoms with E-state index in [1.165, 1.54) is 12.8 Å². The number of benzene rings is 1. The van der Waals surface area contributed by atoms with Crippen LogP contribution in [0.3, 0.4) is 0 Å². The van der Waals surface area contributed by atoms with E-state index in [-0.39, 0.29) is 17.9 Å². The summed E-state index contributed by atoms with van der Waals surface area (Å²) >= 11 is 0. The molecule has 1 aliphatic carbocycles. The zero-order valence-electron chi connectivity index (χ0n) is 21.5. The van der Waals surface area contributed by atoms with E-state index in [0.717, 1.165) is 49.2 Å². The van der Waals surface area contributed by atoms with Gasteiger partial charge in [0.05, 0.1) is 22.8 Å². The molecular weight excluding hydrogens is 456 g/mol. The van der Waals surface area contributed by atoms with Crippen molar-refractivity contribution in [3.05, 3.63) is 41.5 Å². The summed E-state index contributed by atoms with van der Waals surface area (Å²) in [5.41, 5.74) is 3.71. The topological polar surface area (TPSA) is 94.3 Å². The summed E-state index contributed by atoms with van der Waals surface area (Å²) in [6, 6.07) is 3.69. The normalized spacial score (nSPS) is 18.2. The van der Waals surface area contributed by atoms with Gasteiger partial charge < -0.3 is 19.5 Å². The third kappa shape index (κ3) is 5.16. The minimum atomic E-state index is -0.0994. The highest BCUT2D eigenvalue weighted by Crippen LogP contribution is 2.33. The third-order valence-corrected chi connectivity index (χ3v) is 7.53. The molecule has 192 valence electrons. The number of fused-ring (bicyclic) bond motifs is 1. The lowest BCUT2D eigenvalue weighted by Crippen LogP contribution is -2.29. The molecule has 2 aliphatic rings. The quantitative estimate of drug-likeness (QED) is 0.513. The van der Waals surface area contributed by atoms with E-state index in [4.69, 9.17) is 9.72 Å². The number of carbonyl (C=O) groups excluding carboxylic acids is 2. The molecule has 1 N–H and O–H groups in total. The van der Waals surface area contributed by atoms with Gasteiger partial charge >= 0.3 is 0 Å². The molecule has 1 saturated carbocycles. The Kier molecular flexibility index (Phi) is 7.09. The van der Waals surface area contributed by atoms with Gasteiger partial charge in [-0.05, 0) is 55.7 Å². The first-order valence-corrected chi connectivity index (χ1v) is 13.0. The van der Waals surface area contributed by atoms with Crippen LogP contribution in [0.2, 0.25) is 0 Å². The highest BCUT2D eigenvalue weighted by atomic mass is 16.5. The molecule has 0 radical (unpaired) electrons. The summed E-state index contributed by atoms with van der Waals surface area (Å²) < 4.78 is 9.65. The molecule has 1 aliphatic heterocycles. The first kappa shape index (κ1) is 24.5. The summed E-state index contributed by atoms with van der Waals surface area (Å²) in [6.07, 6.45) is 11.5. The van der Waals surface area contributed by atoms with E-state index in [0.29, 0.717) is 42.1 Å². The number of nitrogens with zero attached hydrogens (tertiary/aromatic N) is 5. The molecular formula is C27H36N6O3. The van der Waals surface area contributed by atoms with Gasteiger partial charge in [-0.3, -0.25) is 14.3 Å². The predicted octanol–water partition coefficient (Wildman–Crippen LogP) is 3.99. The largest absolute Gasteiger partial charge is 0.370 e. The monoisotopic (exact) mass is 492 g/mol. The molecule has 0 bridgehead atoms. The lowest BCUT2D eigenvalue weighted by molar-refractivity contribution is -0.117. The van der Waals surface area contributed by atoms with Crippen molar-refractivity contribution in [2.24, 2.45) is 20.0 Å². The minimum Gasteiger partial charge on any atom is -0.370 e. The van der Waals surface area contributed by atoms with Crippen LogP contribution in [0.1, 0.15) is 72.8 Å². The number of aromatic nitrogens is 4. The summed E-state index contributed by atoms with van der Waals surface area (Å²) in [5.74, 6) is 1.18. The smallest absolute Gasteiger partial charge is 0.255 e. The van der Waals surface area contributed by atoms with Crippen molar-refractivity contribution in [3.8, 4) is 0 Å². The highest BCUT2D eigenvalue weighted by Gasteiger charge is 2.27. The second-order valence-electron chi connectivity index (χ2n) is 10.3. The predicted molar refractivity (Wildman–Crippen MR) is 138 cm³/mol. The Morgan fingerprint density at radius 1 is 1.17 bits per heavy atom. The van der Waals surface area contributed by atoms with Gasteiger partial charge in [0.1, 0.15) is 11.9 Å². The average Bonchev–Trinajstić information content (AvgIpc) is 3.65. The highest BCUT2D eigenvalue weighted by molar-refractivity contribution is 6.07. The summed E-state index contributed by atoms with van der Waals surface area (Å²) in [7, 11) is 5.64. The second-order valence-corrected chi connectivity index (χ2v) is 10.3. The Hall–Kier alpha value is -3.20. The number of carbonyl (C=O) groups is 2. The summed E-state index contributed by atoms with van der Waals surface area (Å²) in [5, 5.41) is 7.27. The fraction of sp³-hybridized carbons (Fsp3) is 0.556. The van der Waals surface area contributed by atoms with Crippen LogP contribution in [0.25, 0.3) is 11.0 Å². The molecule has 2 fully saturated rings. The van der Waals surface area contributed by atoms with Gasteiger partial charge in [-0.2, -0.15) is 5.10 Å². The first-order chi connectivity index (χ1) is 17.4. The van der Waals surface area contributed by atoms with E-state index < -0.39 is 0 Å². The van der Waals surface area contributed by atoms with Gasteiger partial charge in [0, 0.05) is 52.6 Å². The number of amides is 2. The van der Waals surface area contributed by atoms with E-state index >= 15 is 0 Å². The molecule has 1 atom stereocenters. The molecule has 1 saturated heterocycles. The van der Waals surface area contributed by atoms with Gasteiger partial charge in [-0.15, -0.1) is 0 Å². The Balaban J connectivity index is 1.43. The van der Waals surface area contributed by atoms with Gasteiger partial charge in [-0.1, -0.05) is 12.8 Å². The van der Waals surface area contributed by atoms with Crippen LogP contribution in [0.15, 0.2) is 24.5 Å². The van der Waals surface area contributed by atoms with E-state index in [2.05, 4.69) is 10.4 Å². The maximum absolute atomic E-state index is 13.7. The number of likely N-dealkylation sites (N-methyl/N-ethyl adjacent to an activating group) is 1. The summed E-state index contributed by atoms with van der Waals surface area (Å²) in [6.45, 7) is 1.28. The Morgan fingerprint density at radius 2 is 1.97 bits per heavy atom. The fourth-order valence-corrected chi connectivity index (χ4v) is 5.57. The fourth-order valence-electron chi connectivity index (χ4n) is 5.57. The standard InChI is InChI=1S/C27H36N6O3/c1-31(11-10-19-16-28-32(2)17-19)27(35)21-14-20(29-24(34)13-18-7-4-5-8-18)15-22-25(21)33(3)26(30-22)23-9-6-12-36-23/h14-18,23H,4-13H2,1-3H3,(H,29,34)/t23-/m0/s1. The maximum atomic E-state index is 13.7. The van der Waals surface area contributed by atoms with Crippen molar-refractivity contribution in [1.29, 1.82) is 0 Å². The SMILES string of the molecule is CN(CCc1cnn(C)c1)C(=O)c1cc(NC(=O)CC2CCCC2)cc2nc([C@@H]3CCCO3)n(C)c12. The molecule has 9 heteroatoms.